The zero-order valence-electron chi connectivity index (χ0n) is 15.8. The molecule has 2 N–H and O–H groups in total. The van der Waals surface area contributed by atoms with Crippen molar-refractivity contribution in [1.82, 2.24) is 20.1 Å². The molecule has 2 aromatic heterocycles. The first-order chi connectivity index (χ1) is 13.5. The van der Waals surface area contributed by atoms with Crippen LogP contribution in [0.5, 0.6) is 0 Å². The predicted molar refractivity (Wildman–Crippen MR) is 106 cm³/mol. The minimum Gasteiger partial charge on any atom is -0.349 e. The molecule has 1 aromatic carbocycles. The van der Waals surface area contributed by atoms with E-state index < -0.39 is 0 Å². The standard InChI is InChI=1S/C21H21N5O2/c1-3-14(2)24-20(27)17-5-4-12-23-19(17)26-13-18(21(28)25-26)16-8-6-15(7-9-16)10-11-22/h4-9,12-14H,3,10H2,1-2H3,(H,24,27)(H,25,28)/t14-/m0/s1. The lowest BCUT2D eigenvalue weighted by molar-refractivity contribution is 0.0938. The van der Waals surface area contributed by atoms with Crippen molar-refractivity contribution in [3.05, 3.63) is 70.3 Å². The number of pyridine rings is 1. The maximum atomic E-state index is 12.6. The van der Waals surface area contributed by atoms with Crippen molar-refractivity contribution in [1.29, 1.82) is 5.26 Å². The van der Waals surface area contributed by atoms with Crippen LogP contribution in [0.15, 0.2) is 53.6 Å². The van der Waals surface area contributed by atoms with Crippen molar-refractivity contribution >= 4 is 5.91 Å². The van der Waals surface area contributed by atoms with Gasteiger partial charge in [0.25, 0.3) is 11.5 Å². The fraction of sp³-hybridized carbons (Fsp3) is 0.238. The Morgan fingerprint density at radius 2 is 2.07 bits per heavy atom. The van der Waals surface area contributed by atoms with E-state index in [9.17, 15) is 9.59 Å². The number of hydrogen-bond donors (Lipinski definition) is 2. The Kier molecular flexibility index (Phi) is 5.70. The summed E-state index contributed by atoms with van der Waals surface area (Å²) in [4.78, 5) is 29.3. The lowest BCUT2D eigenvalue weighted by Crippen LogP contribution is -2.32. The molecule has 0 fully saturated rings. The van der Waals surface area contributed by atoms with E-state index in [0.717, 1.165) is 17.5 Å². The van der Waals surface area contributed by atoms with Gasteiger partial charge in [0.2, 0.25) is 0 Å². The van der Waals surface area contributed by atoms with Gasteiger partial charge in [-0.15, -0.1) is 0 Å². The van der Waals surface area contributed by atoms with Crippen LogP contribution >= 0.6 is 0 Å². The molecule has 0 saturated heterocycles. The summed E-state index contributed by atoms with van der Waals surface area (Å²) in [6.45, 7) is 3.92. The first kappa shape index (κ1) is 19.1. The number of hydrogen-bond acceptors (Lipinski definition) is 4. The summed E-state index contributed by atoms with van der Waals surface area (Å²) in [6, 6.07) is 12.7. The lowest BCUT2D eigenvalue weighted by atomic mass is 10.1. The minimum atomic E-state index is -0.285. The second-order valence-corrected chi connectivity index (χ2v) is 6.54. The number of benzene rings is 1. The van der Waals surface area contributed by atoms with E-state index >= 15 is 0 Å². The van der Waals surface area contributed by atoms with Crippen molar-refractivity contribution in [3.63, 3.8) is 0 Å². The second kappa shape index (κ2) is 8.35. The molecular formula is C21H21N5O2. The Morgan fingerprint density at radius 1 is 1.32 bits per heavy atom. The van der Waals surface area contributed by atoms with Gasteiger partial charge in [0.05, 0.1) is 23.6 Å². The summed E-state index contributed by atoms with van der Waals surface area (Å²) in [5.41, 5.74) is 2.17. The number of nitrogens with zero attached hydrogens (tertiary/aromatic N) is 3. The molecule has 0 unspecified atom stereocenters. The third kappa shape index (κ3) is 4.01. The zero-order chi connectivity index (χ0) is 20.1. The SMILES string of the molecule is CC[C@H](C)NC(=O)c1cccnc1-n1cc(-c2ccc(CC#N)cc2)c(=O)[nH]1. The van der Waals surface area contributed by atoms with Gasteiger partial charge in [-0.3, -0.25) is 14.7 Å². The molecular weight excluding hydrogens is 354 g/mol. The van der Waals surface area contributed by atoms with E-state index in [1.54, 1.807) is 36.7 Å². The molecule has 1 atom stereocenters. The van der Waals surface area contributed by atoms with E-state index in [2.05, 4.69) is 21.5 Å². The van der Waals surface area contributed by atoms with E-state index in [-0.39, 0.29) is 17.5 Å². The quantitative estimate of drug-likeness (QED) is 0.691. The van der Waals surface area contributed by atoms with Crippen LogP contribution in [-0.2, 0) is 6.42 Å². The van der Waals surface area contributed by atoms with Crippen LogP contribution < -0.4 is 10.9 Å². The number of aromatic nitrogens is 3. The monoisotopic (exact) mass is 375 g/mol. The lowest BCUT2D eigenvalue weighted by Gasteiger charge is -2.13. The molecule has 7 nitrogen and oxygen atoms in total. The van der Waals surface area contributed by atoms with Crippen LogP contribution in [0.1, 0.15) is 36.2 Å². The molecule has 142 valence electrons. The number of nitriles is 1. The topological polar surface area (TPSA) is 104 Å². The highest BCUT2D eigenvalue weighted by atomic mass is 16.2. The van der Waals surface area contributed by atoms with Crippen LogP contribution in [0.25, 0.3) is 16.9 Å². The molecule has 0 aliphatic rings. The Balaban J connectivity index is 1.96. The molecule has 0 aliphatic carbocycles. The average Bonchev–Trinajstić information content (AvgIpc) is 3.10. The summed E-state index contributed by atoms with van der Waals surface area (Å²) in [5, 5.41) is 14.4. The number of H-pyrrole nitrogens is 1. The second-order valence-electron chi connectivity index (χ2n) is 6.54. The molecule has 3 rings (SSSR count). The van der Waals surface area contributed by atoms with Gasteiger partial charge in [-0.05, 0) is 36.6 Å². The maximum absolute atomic E-state index is 12.6. The largest absolute Gasteiger partial charge is 0.349 e. The Morgan fingerprint density at radius 3 is 2.75 bits per heavy atom. The average molecular weight is 375 g/mol. The molecule has 3 aromatic rings. The van der Waals surface area contributed by atoms with Crippen LogP contribution in [0.3, 0.4) is 0 Å². The number of rotatable bonds is 6. The smallest absolute Gasteiger partial charge is 0.272 e. The first-order valence-electron chi connectivity index (χ1n) is 9.07. The summed E-state index contributed by atoms with van der Waals surface area (Å²) in [7, 11) is 0. The molecule has 1 amide bonds. The Bertz CT molecular complexity index is 1070. The molecule has 0 aliphatic heterocycles. The van der Waals surface area contributed by atoms with Crippen molar-refractivity contribution in [2.75, 3.05) is 0 Å². The van der Waals surface area contributed by atoms with Gasteiger partial charge in [0.1, 0.15) is 0 Å². The van der Waals surface area contributed by atoms with Gasteiger partial charge in [-0.2, -0.15) is 5.26 Å². The van der Waals surface area contributed by atoms with Gasteiger partial charge in [0, 0.05) is 18.4 Å². The summed E-state index contributed by atoms with van der Waals surface area (Å²) < 4.78 is 1.46. The number of carbonyl (C=O) groups is 1. The van der Waals surface area contributed by atoms with Gasteiger partial charge < -0.3 is 5.32 Å². The number of amides is 1. The van der Waals surface area contributed by atoms with E-state index in [1.807, 2.05) is 26.0 Å². The number of aromatic amines is 1. The first-order valence-corrected chi connectivity index (χ1v) is 9.07. The predicted octanol–water partition coefficient (Wildman–Crippen LogP) is 2.82. The fourth-order valence-corrected chi connectivity index (χ4v) is 2.77. The van der Waals surface area contributed by atoms with Crippen molar-refractivity contribution in [3.8, 4) is 23.0 Å². The molecule has 0 radical (unpaired) electrons. The maximum Gasteiger partial charge on any atom is 0.272 e. The molecule has 0 spiro atoms. The summed E-state index contributed by atoms with van der Waals surface area (Å²) >= 11 is 0. The highest BCUT2D eigenvalue weighted by Crippen LogP contribution is 2.18. The fourth-order valence-electron chi connectivity index (χ4n) is 2.77. The number of nitrogens with one attached hydrogen (secondary N) is 2. The Labute approximate surface area is 162 Å². The van der Waals surface area contributed by atoms with Crippen molar-refractivity contribution in [2.45, 2.75) is 32.7 Å². The van der Waals surface area contributed by atoms with Gasteiger partial charge in [0.15, 0.2) is 5.82 Å². The van der Waals surface area contributed by atoms with Gasteiger partial charge >= 0.3 is 0 Å². The van der Waals surface area contributed by atoms with Crippen LogP contribution in [0.4, 0.5) is 0 Å². The van der Waals surface area contributed by atoms with Gasteiger partial charge in [-0.25, -0.2) is 9.67 Å². The van der Waals surface area contributed by atoms with E-state index in [0.29, 0.717) is 23.4 Å². The van der Waals surface area contributed by atoms with Crippen LogP contribution in [0, 0.1) is 11.3 Å². The molecule has 2 heterocycles. The van der Waals surface area contributed by atoms with Crippen LogP contribution in [-0.4, -0.2) is 26.7 Å². The van der Waals surface area contributed by atoms with Crippen molar-refractivity contribution in [2.24, 2.45) is 0 Å². The minimum absolute atomic E-state index is 0.0340. The van der Waals surface area contributed by atoms with Crippen molar-refractivity contribution < 1.29 is 4.79 Å². The van der Waals surface area contributed by atoms with E-state index in [1.165, 1.54) is 4.68 Å². The third-order valence-corrected chi connectivity index (χ3v) is 4.52. The highest BCUT2D eigenvalue weighted by Gasteiger charge is 2.17. The third-order valence-electron chi connectivity index (χ3n) is 4.52. The summed E-state index contributed by atoms with van der Waals surface area (Å²) in [5.74, 6) is 0.113. The normalized spacial score (nSPS) is 11.6. The molecule has 28 heavy (non-hydrogen) atoms. The molecule has 0 bridgehead atoms. The number of carbonyl (C=O) groups excluding carboxylic acids is 1. The Hall–Kier alpha value is -3.66. The van der Waals surface area contributed by atoms with Gasteiger partial charge in [-0.1, -0.05) is 31.2 Å². The zero-order valence-corrected chi connectivity index (χ0v) is 15.8. The van der Waals surface area contributed by atoms with Crippen LogP contribution in [0.2, 0.25) is 0 Å². The molecule has 0 saturated carbocycles. The molecule has 7 heteroatoms. The highest BCUT2D eigenvalue weighted by molar-refractivity contribution is 5.97. The van der Waals surface area contributed by atoms with E-state index in [4.69, 9.17) is 5.26 Å². The summed E-state index contributed by atoms with van der Waals surface area (Å²) in [6.07, 6.45) is 4.34.